The van der Waals surface area contributed by atoms with Gasteiger partial charge in [0, 0.05) is 18.5 Å². The highest BCUT2D eigenvalue weighted by Crippen LogP contribution is 2.06. The van der Waals surface area contributed by atoms with Gasteiger partial charge >= 0.3 is 5.97 Å². The number of carbonyl (C=O) groups is 3. The summed E-state index contributed by atoms with van der Waals surface area (Å²) in [5.41, 5.74) is 0.934. The number of Topliss-reactive ketones (excluding diaryl/α,β-unsaturated/α-hetero) is 1. The lowest BCUT2D eigenvalue weighted by molar-refractivity contribution is -0.148. The van der Waals surface area contributed by atoms with Crippen molar-refractivity contribution in [3.05, 3.63) is 35.4 Å². The van der Waals surface area contributed by atoms with Gasteiger partial charge in [0.05, 0.1) is 0 Å². The first-order valence-electron chi connectivity index (χ1n) is 5.18. The molecule has 0 aliphatic carbocycles. The summed E-state index contributed by atoms with van der Waals surface area (Å²) in [6, 6.07) is 6.37. The van der Waals surface area contributed by atoms with E-state index in [2.05, 4.69) is 5.32 Å². The van der Waals surface area contributed by atoms with Crippen LogP contribution in [0.15, 0.2) is 24.3 Å². The van der Waals surface area contributed by atoms with Crippen LogP contribution in [0.2, 0.25) is 0 Å². The summed E-state index contributed by atoms with van der Waals surface area (Å²) in [6.45, 7) is 2.31. The molecule has 0 aliphatic heterocycles. The van der Waals surface area contributed by atoms with E-state index in [0.717, 1.165) is 0 Å². The van der Waals surface area contributed by atoms with Gasteiger partial charge in [0.2, 0.25) is 5.78 Å². The van der Waals surface area contributed by atoms with Crippen LogP contribution in [0.3, 0.4) is 0 Å². The van der Waals surface area contributed by atoms with Gasteiger partial charge in [0.25, 0.3) is 5.91 Å². The lowest BCUT2D eigenvalue weighted by Gasteiger charge is -2.04. The lowest BCUT2D eigenvalue weighted by atomic mass is 10.1. The fourth-order valence-electron chi connectivity index (χ4n) is 1.35. The number of aliphatic carboxylic acids is 1. The Morgan fingerprint density at radius 1 is 1.29 bits per heavy atom. The Balaban J connectivity index is 2.82. The molecular formula is C12H13NO4. The van der Waals surface area contributed by atoms with Gasteiger partial charge in [-0.25, -0.2) is 4.79 Å². The SMILES string of the molecule is CCNC(=O)c1cccc(CC(=O)C(=O)O)c1. The topological polar surface area (TPSA) is 83.5 Å². The van der Waals surface area contributed by atoms with Gasteiger partial charge < -0.3 is 10.4 Å². The van der Waals surface area contributed by atoms with Gasteiger partial charge in [-0.05, 0) is 24.6 Å². The second kappa shape index (κ2) is 5.79. The second-order valence-corrected chi connectivity index (χ2v) is 3.46. The van der Waals surface area contributed by atoms with Gasteiger partial charge in [-0.2, -0.15) is 0 Å². The molecule has 0 radical (unpaired) electrons. The third-order valence-corrected chi connectivity index (χ3v) is 2.13. The average Bonchev–Trinajstić information content (AvgIpc) is 2.29. The molecule has 0 spiro atoms. The summed E-state index contributed by atoms with van der Waals surface area (Å²) in [5, 5.41) is 11.1. The maximum atomic E-state index is 11.5. The van der Waals surface area contributed by atoms with Gasteiger partial charge in [-0.1, -0.05) is 12.1 Å². The summed E-state index contributed by atoms with van der Waals surface area (Å²) >= 11 is 0. The Morgan fingerprint density at radius 3 is 2.59 bits per heavy atom. The molecular weight excluding hydrogens is 222 g/mol. The maximum absolute atomic E-state index is 11.5. The molecule has 0 bridgehead atoms. The van der Waals surface area contributed by atoms with E-state index in [4.69, 9.17) is 5.11 Å². The molecule has 0 atom stereocenters. The summed E-state index contributed by atoms with van der Waals surface area (Å²) in [7, 11) is 0. The molecule has 5 nitrogen and oxygen atoms in total. The predicted molar refractivity (Wildman–Crippen MR) is 60.8 cm³/mol. The van der Waals surface area contributed by atoms with E-state index < -0.39 is 11.8 Å². The van der Waals surface area contributed by atoms with Crippen LogP contribution >= 0.6 is 0 Å². The van der Waals surface area contributed by atoms with Crippen LogP contribution in [0.25, 0.3) is 0 Å². The number of carboxylic acid groups (broad SMARTS) is 1. The van der Waals surface area contributed by atoms with Crippen molar-refractivity contribution < 1.29 is 19.5 Å². The highest BCUT2D eigenvalue weighted by atomic mass is 16.4. The molecule has 17 heavy (non-hydrogen) atoms. The Morgan fingerprint density at radius 2 is 2.00 bits per heavy atom. The Kier molecular flexibility index (Phi) is 4.39. The molecule has 5 heteroatoms. The normalized spacial score (nSPS) is 9.71. The summed E-state index contributed by atoms with van der Waals surface area (Å²) in [4.78, 5) is 32.9. The number of amides is 1. The molecule has 0 heterocycles. The van der Waals surface area contributed by atoms with Crippen molar-refractivity contribution in [2.75, 3.05) is 6.54 Å². The highest BCUT2D eigenvalue weighted by molar-refractivity contribution is 6.33. The molecule has 90 valence electrons. The molecule has 2 N–H and O–H groups in total. The summed E-state index contributed by atoms with van der Waals surface area (Å²) in [5.74, 6) is -2.59. The van der Waals surface area contributed by atoms with Crippen molar-refractivity contribution in [1.29, 1.82) is 0 Å². The van der Waals surface area contributed by atoms with Crippen LogP contribution in [-0.2, 0) is 16.0 Å². The van der Waals surface area contributed by atoms with E-state index in [-0.39, 0.29) is 12.3 Å². The molecule has 1 aromatic rings. The first-order chi connectivity index (χ1) is 8.04. The number of hydrogen-bond donors (Lipinski definition) is 2. The standard InChI is InChI=1S/C12H13NO4/c1-2-13-11(15)9-5-3-4-8(6-9)7-10(14)12(16)17/h3-6H,2,7H2,1H3,(H,13,15)(H,16,17). The van der Waals surface area contributed by atoms with Crippen LogP contribution in [0, 0.1) is 0 Å². The first kappa shape index (κ1) is 12.9. The smallest absolute Gasteiger partial charge is 0.372 e. The third-order valence-electron chi connectivity index (χ3n) is 2.13. The predicted octanol–water partition coefficient (Wildman–Crippen LogP) is 0.632. The molecule has 1 rings (SSSR count). The molecule has 1 amide bonds. The van der Waals surface area contributed by atoms with Crippen LogP contribution in [0.1, 0.15) is 22.8 Å². The van der Waals surface area contributed by atoms with Crippen molar-refractivity contribution in [2.24, 2.45) is 0 Å². The van der Waals surface area contributed by atoms with Crippen molar-refractivity contribution in [3.8, 4) is 0 Å². The Bertz CT molecular complexity index is 454. The summed E-state index contributed by atoms with van der Waals surface area (Å²) in [6.07, 6.45) is -0.206. The van der Waals surface area contributed by atoms with Crippen molar-refractivity contribution in [2.45, 2.75) is 13.3 Å². The lowest BCUT2D eigenvalue weighted by Crippen LogP contribution is -2.23. The molecule has 1 aromatic carbocycles. The third kappa shape index (κ3) is 3.71. The van der Waals surface area contributed by atoms with Crippen molar-refractivity contribution in [1.82, 2.24) is 5.32 Å². The van der Waals surface area contributed by atoms with Crippen LogP contribution < -0.4 is 5.32 Å². The van der Waals surface area contributed by atoms with Crippen molar-refractivity contribution >= 4 is 17.7 Å². The van der Waals surface area contributed by atoms with Crippen molar-refractivity contribution in [3.63, 3.8) is 0 Å². The zero-order valence-corrected chi connectivity index (χ0v) is 9.40. The van der Waals surface area contributed by atoms with Crippen LogP contribution in [0.4, 0.5) is 0 Å². The monoisotopic (exact) mass is 235 g/mol. The molecule has 0 aliphatic rings. The van der Waals surface area contributed by atoms with E-state index in [1.54, 1.807) is 25.1 Å². The fraction of sp³-hybridized carbons (Fsp3) is 0.250. The van der Waals surface area contributed by atoms with E-state index in [9.17, 15) is 14.4 Å². The molecule has 0 unspecified atom stereocenters. The number of carboxylic acids is 1. The zero-order chi connectivity index (χ0) is 12.8. The second-order valence-electron chi connectivity index (χ2n) is 3.46. The Labute approximate surface area is 98.4 Å². The fourth-order valence-corrected chi connectivity index (χ4v) is 1.35. The van der Waals surface area contributed by atoms with Gasteiger partial charge in [0.1, 0.15) is 0 Å². The van der Waals surface area contributed by atoms with Crippen LogP contribution in [-0.4, -0.2) is 29.3 Å². The average molecular weight is 235 g/mol. The van der Waals surface area contributed by atoms with E-state index in [0.29, 0.717) is 17.7 Å². The minimum absolute atomic E-state index is 0.206. The number of rotatable bonds is 5. The summed E-state index contributed by atoms with van der Waals surface area (Å²) < 4.78 is 0. The molecule has 0 fully saturated rings. The number of carbonyl (C=O) groups excluding carboxylic acids is 2. The minimum atomic E-state index is -1.46. The number of hydrogen-bond acceptors (Lipinski definition) is 3. The Hall–Kier alpha value is -2.17. The van der Waals surface area contributed by atoms with E-state index >= 15 is 0 Å². The van der Waals surface area contributed by atoms with Crippen LogP contribution in [0.5, 0.6) is 0 Å². The molecule has 0 saturated carbocycles. The van der Waals surface area contributed by atoms with Gasteiger partial charge in [-0.15, -0.1) is 0 Å². The molecule has 0 saturated heterocycles. The largest absolute Gasteiger partial charge is 0.475 e. The zero-order valence-electron chi connectivity index (χ0n) is 9.40. The van der Waals surface area contributed by atoms with E-state index in [1.165, 1.54) is 6.07 Å². The van der Waals surface area contributed by atoms with Gasteiger partial charge in [0.15, 0.2) is 0 Å². The number of benzene rings is 1. The van der Waals surface area contributed by atoms with E-state index in [1.807, 2.05) is 0 Å². The van der Waals surface area contributed by atoms with Gasteiger partial charge in [-0.3, -0.25) is 9.59 Å². The maximum Gasteiger partial charge on any atom is 0.372 e. The first-order valence-corrected chi connectivity index (χ1v) is 5.18. The number of ketones is 1. The molecule has 0 aromatic heterocycles. The number of nitrogens with one attached hydrogen (secondary N) is 1. The minimum Gasteiger partial charge on any atom is -0.475 e. The highest BCUT2D eigenvalue weighted by Gasteiger charge is 2.13. The quantitative estimate of drug-likeness (QED) is 0.733.